The Hall–Kier alpha value is -0.490. The van der Waals surface area contributed by atoms with Crippen molar-refractivity contribution in [1.29, 1.82) is 0 Å². The molecule has 2 rings (SSSR count). The van der Waals surface area contributed by atoms with Crippen molar-refractivity contribution >= 4 is 11.3 Å². The number of aromatic nitrogens is 1. The number of likely N-dealkylation sites (tertiary alicyclic amines) is 1. The highest BCUT2D eigenvalue weighted by Gasteiger charge is 2.22. The van der Waals surface area contributed by atoms with Crippen LogP contribution in [-0.4, -0.2) is 54.6 Å². The van der Waals surface area contributed by atoms with Gasteiger partial charge in [0, 0.05) is 31.1 Å². The molecule has 0 spiro atoms. The van der Waals surface area contributed by atoms with Crippen LogP contribution in [0.2, 0.25) is 0 Å². The van der Waals surface area contributed by atoms with E-state index in [1.54, 1.807) is 11.3 Å². The number of thiazole rings is 1. The van der Waals surface area contributed by atoms with E-state index in [1.807, 2.05) is 0 Å². The smallest absolute Gasteiger partial charge is 0.107 e. The van der Waals surface area contributed by atoms with E-state index in [2.05, 4.69) is 46.5 Å². The minimum absolute atomic E-state index is 0.727. The molecule has 1 unspecified atom stereocenters. The molecule has 5 heteroatoms. The Bertz CT molecular complexity index is 379. The molecular formula is C14H26N4S. The van der Waals surface area contributed by atoms with Crippen LogP contribution in [0.5, 0.6) is 0 Å². The van der Waals surface area contributed by atoms with Crippen molar-refractivity contribution in [3.63, 3.8) is 0 Å². The van der Waals surface area contributed by atoms with E-state index in [-0.39, 0.29) is 0 Å². The van der Waals surface area contributed by atoms with Gasteiger partial charge in [-0.25, -0.2) is 4.98 Å². The zero-order chi connectivity index (χ0) is 13.7. The molecule has 1 aromatic rings. The predicted molar refractivity (Wildman–Crippen MR) is 81.5 cm³/mol. The van der Waals surface area contributed by atoms with Gasteiger partial charge in [0.2, 0.25) is 0 Å². The molecule has 19 heavy (non-hydrogen) atoms. The van der Waals surface area contributed by atoms with Crippen LogP contribution < -0.4 is 5.32 Å². The minimum Gasteiger partial charge on any atom is -0.311 e. The van der Waals surface area contributed by atoms with E-state index in [4.69, 9.17) is 0 Å². The second kappa shape index (κ2) is 7.33. The van der Waals surface area contributed by atoms with Crippen LogP contribution in [0.25, 0.3) is 0 Å². The average molecular weight is 282 g/mol. The van der Waals surface area contributed by atoms with E-state index in [0.717, 1.165) is 32.2 Å². The van der Waals surface area contributed by atoms with E-state index < -0.39 is 0 Å². The number of nitrogens with zero attached hydrogens (tertiary/aromatic N) is 3. The first-order chi connectivity index (χ1) is 9.19. The van der Waals surface area contributed by atoms with Gasteiger partial charge < -0.3 is 10.2 Å². The summed E-state index contributed by atoms with van der Waals surface area (Å²) in [6, 6.07) is 0.727. The Balaban J connectivity index is 1.78. The maximum Gasteiger partial charge on any atom is 0.107 e. The van der Waals surface area contributed by atoms with Crippen LogP contribution in [0, 0.1) is 0 Å². The second-order valence-corrected chi connectivity index (χ2v) is 6.43. The molecule has 1 aliphatic rings. The third-order valence-electron chi connectivity index (χ3n) is 3.75. The first-order valence-electron chi connectivity index (χ1n) is 7.21. The maximum atomic E-state index is 4.68. The largest absolute Gasteiger partial charge is 0.311 e. The summed E-state index contributed by atoms with van der Waals surface area (Å²) in [6.07, 6.45) is 2.68. The first kappa shape index (κ1) is 14.9. The van der Waals surface area contributed by atoms with Crippen molar-refractivity contribution < 1.29 is 0 Å². The summed E-state index contributed by atoms with van der Waals surface area (Å²) in [5.74, 6) is 0. The van der Waals surface area contributed by atoms with E-state index in [1.165, 1.54) is 30.1 Å². The van der Waals surface area contributed by atoms with Crippen LogP contribution in [0.4, 0.5) is 0 Å². The Kier molecular flexibility index (Phi) is 5.76. The van der Waals surface area contributed by atoms with E-state index in [0.29, 0.717) is 0 Å². The van der Waals surface area contributed by atoms with E-state index in [9.17, 15) is 0 Å². The fraction of sp³-hybridized carbons (Fsp3) is 0.786. The highest BCUT2D eigenvalue weighted by atomic mass is 32.1. The van der Waals surface area contributed by atoms with Crippen molar-refractivity contribution in [1.82, 2.24) is 20.1 Å². The van der Waals surface area contributed by atoms with E-state index >= 15 is 0 Å². The van der Waals surface area contributed by atoms with Crippen molar-refractivity contribution in [2.24, 2.45) is 0 Å². The standard InChI is InChI=1S/C14H26N4S/c1-4-15-8-14-16-12(11-19-14)9-17(2)10-13-6-5-7-18(13)3/h11,13,15H,4-10H2,1-3H3. The quantitative estimate of drug-likeness (QED) is 0.826. The van der Waals surface area contributed by atoms with Crippen LogP contribution in [0.3, 0.4) is 0 Å². The highest BCUT2D eigenvalue weighted by molar-refractivity contribution is 7.09. The molecule has 0 saturated carbocycles. The van der Waals surface area contributed by atoms with Gasteiger partial charge in [0.15, 0.2) is 0 Å². The third-order valence-corrected chi connectivity index (χ3v) is 4.65. The molecule has 0 aromatic carbocycles. The van der Waals surface area contributed by atoms with Crippen LogP contribution >= 0.6 is 11.3 Å². The van der Waals surface area contributed by atoms with Gasteiger partial charge in [-0.2, -0.15) is 0 Å². The molecule has 4 nitrogen and oxygen atoms in total. The summed E-state index contributed by atoms with van der Waals surface area (Å²) in [4.78, 5) is 9.56. The summed E-state index contributed by atoms with van der Waals surface area (Å²) >= 11 is 1.76. The molecule has 2 heterocycles. The highest BCUT2D eigenvalue weighted by Crippen LogP contribution is 2.17. The van der Waals surface area contributed by atoms with Crippen LogP contribution in [0.1, 0.15) is 30.5 Å². The van der Waals surface area contributed by atoms with Gasteiger partial charge in [0.05, 0.1) is 5.69 Å². The number of hydrogen-bond acceptors (Lipinski definition) is 5. The number of likely N-dealkylation sites (N-methyl/N-ethyl adjacent to an activating group) is 2. The second-order valence-electron chi connectivity index (χ2n) is 5.49. The molecule has 1 N–H and O–H groups in total. The molecule has 0 aliphatic carbocycles. The monoisotopic (exact) mass is 282 g/mol. The molecule has 0 bridgehead atoms. The summed E-state index contributed by atoms with van der Waals surface area (Å²) in [5.41, 5.74) is 1.21. The van der Waals surface area contributed by atoms with Crippen molar-refractivity contribution in [2.75, 3.05) is 33.7 Å². The minimum atomic E-state index is 0.727. The lowest BCUT2D eigenvalue weighted by Gasteiger charge is -2.25. The van der Waals surface area contributed by atoms with Crippen molar-refractivity contribution in [3.8, 4) is 0 Å². The zero-order valence-electron chi connectivity index (χ0n) is 12.4. The Morgan fingerprint density at radius 3 is 3.11 bits per heavy atom. The van der Waals surface area contributed by atoms with Crippen molar-refractivity contribution in [3.05, 3.63) is 16.1 Å². The van der Waals surface area contributed by atoms with Gasteiger partial charge in [0.25, 0.3) is 0 Å². The molecule has 1 aliphatic heterocycles. The molecule has 1 fully saturated rings. The fourth-order valence-corrected chi connectivity index (χ4v) is 3.40. The number of rotatable bonds is 7. The summed E-state index contributed by atoms with van der Waals surface area (Å²) in [5, 5.41) is 6.72. The molecule has 1 aromatic heterocycles. The molecule has 1 atom stereocenters. The molecule has 0 radical (unpaired) electrons. The Labute approximate surface area is 120 Å². The topological polar surface area (TPSA) is 31.4 Å². The third kappa shape index (κ3) is 4.53. The van der Waals surface area contributed by atoms with Gasteiger partial charge in [-0.15, -0.1) is 11.3 Å². The lowest BCUT2D eigenvalue weighted by Crippen LogP contribution is -2.36. The lowest BCUT2D eigenvalue weighted by atomic mass is 10.2. The van der Waals surface area contributed by atoms with Gasteiger partial charge in [-0.3, -0.25) is 4.90 Å². The van der Waals surface area contributed by atoms with Gasteiger partial charge in [-0.1, -0.05) is 6.92 Å². The van der Waals surface area contributed by atoms with Crippen molar-refractivity contribution in [2.45, 2.75) is 38.9 Å². The zero-order valence-corrected chi connectivity index (χ0v) is 13.2. The number of nitrogens with one attached hydrogen (secondary N) is 1. The summed E-state index contributed by atoms with van der Waals surface area (Å²) in [7, 11) is 4.44. The lowest BCUT2D eigenvalue weighted by molar-refractivity contribution is 0.214. The fourth-order valence-electron chi connectivity index (χ4n) is 2.65. The SMILES string of the molecule is CCNCc1nc(CN(C)CC2CCCN2C)cs1. The maximum absolute atomic E-state index is 4.68. The average Bonchev–Trinajstić information content (AvgIpc) is 2.97. The number of hydrogen-bond donors (Lipinski definition) is 1. The van der Waals surface area contributed by atoms with Gasteiger partial charge >= 0.3 is 0 Å². The summed E-state index contributed by atoms with van der Waals surface area (Å²) in [6.45, 7) is 7.39. The normalized spacial score (nSPS) is 20.5. The summed E-state index contributed by atoms with van der Waals surface area (Å²) < 4.78 is 0. The first-order valence-corrected chi connectivity index (χ1v) is 8.09. The van der Waals surface area contributed by atoms with Gasteiger partial charge in [0.1, 0.15) is 5.01 Å². The molecule has 0 amide bonds. The predicted octanol–water partition coefficient (Wildman–Crippen LogP) is 1.78. The molecular weight excluding hydrogens is 256 g/mol. The van der Waals surface area contributed by atoms with Crippen LogP contribution in [0.15, 0.2) is 5.38 Å². The Morgan fingerprint density at radius 2 is 2.42 bits per heavy atom. The molecule has 108 valence electrons. The molecule has 1 saturated heterocycles. The Morgan fingerprint density at radius 1 is 1.58 bits per heavy atom. The van der Waals surface area contributed by atoms with Gasteiger partial charge in [-0.05, 0) is 40.0 Å². The van der Waals surface area contributed by atoms with Crippen LogP contribution in [-0.2, 0) is 13.1 Å².